The van der Waals surface area contributed by atoms with Crippen LogP contribution in [0.4, 0.5) is 0 Å². The smallest absolute Gasteiger partial charge is 0.244 e. The molecule has 0 spiro atoms. The number of methoxy groups -OCH3 is 2. The summed E-state index contributed by atoms with van der Waals surface area (Å²) in [4.78, 5) is 0.0409. The van der Waals surface area contributed by atoms with E-state index in [-0.39, 0.29) is 23.1 Å². The number of aromatic nitrogens is 2. The number of hydrogen-bond acceptors (Lipinski definition) is 7. The molecule has 0 atom stereocenters. The van der Waals surface area contributed by atoms with Crippen molar-refractivity contribution in [3.63, 3.8) is 0 Å². The highest BCUT2D eigenvalue weighted by molar-refractivity contribution is 7.89. The Labute approximate surface area is 141 Å². The molecular formula is C15H21N3O5S. The summed E-state index contributed by atoms with van der Waals surface area (Å²) < 4.78 is 43.0. The molecule has 0 radical (unpaired) electrons. The van der Waals surface area contributed by atoms with Crippen LogP contribution in [0.1, 0.15) is 31.5 Å². The lowest BCUT2D eigenvalue weighted by Gasteiger charge is -2.11. The van der Waals surface area contributed by atoms with E-state index < -0.39 is 10.0 Å². The van der Waals surface area contributed by atoms with Crippen molar-refractivity contribution < 1.29 is 22.3 Å². The summed E-state index contributed by atoms with van der Waals surface area (Å²) >= 11 is 0. The van der Waals surface area contributed by atoms with Gasteiger partial charge in [0.2, 0.25) is 21.8 Å². The molecule has 0 saturated carbocycles. The molecule has 0 amide bonds. The highest BCUT2D eigenvalue weighted by atomic mass is 32.2. The maximum atomic E-state index is 12.4. The molecule has 2 rings (SSSR count). The Morgan fingerprint density at radius 3 is 2.54 bits per heavy atom. The predicted molar refractivity (Wildman–Crippen MR) is 86.8 cm³/mol. The van der Waals surface area contributed by atoms with Crippen LogP contribution in [0.15, 0.2) is 27.5 Å². The van der Waals surface area contributed by atoms with Gasteiger partial charge in [0.25, 0.3) is 0 Å². The van der Waals surface area contributed by atoms with Crippen LogP contribution in [0, 0.1) is 0 Å². The van der Waals surface area contributed by atoms with Crippen molar-refractivity contribution in [2.45, 2.75) is 31.1 Å². The lowest BCUT2D eigenvalue weighted by molar-refractivity contribution is 0.386. The van der Waals surface area contributed by atoms with E-state index in [0.717, 1.165) is 0 Å². The maximum absolute atomic E-state index is 12.4. The molecule has 1 N–H and O–H groups in total. The van der Waals surface area contributed by atoms with Crippen molar-refractivity contribution in [2.75, 3.05) is 20.8 Å². The van der Waals surface area contributed by atoms with Crippen LogP contribution in [-0.4, -0.2) is 39.4 Å². The molecule has 1 aromatic heterocycles. The van der Waals surface area contributed by atoms with Gasteiger partial charge in [0.05, 0.1) is 14.2 Å². The second-order valence-electron chi connectivity index (χ2n) is 5.35. The lowest BCUT2D eigenvalue weighted by atomic mass is 10.2. The Hall–Kier alpha value is -2.13. The predicted octanol–water partition coefficient (Wildman–Crippen LogP) is 1.73. The van der Waals surface area contributed by atoms with Gasteiger partial charge in [0, 0.05) is 24.9 Å². The first-order valence-corrected chi connectivity index (χ1v) is 8.89. The number of nitrogens with one attached hydrogen (secondary N) is 1. The fourth-order valence-electron chi connectivity index (χ4n) is 1.97. The Bertz CT molecular complexity index is 786. The highest BCUT2D eigenvalue weighted by Crippen LogP contribution is 2.28. The highest BCUT2D eigenvalue weighted by Gasteiger charge is 2.20. The molecule has 0 aliphatic heterocycles. The van der Waals surface area contributed by atoms with Gasteiger partial charge in [0.1, 0.15) is 16.4 Å². The fraction of sp³-hybridized carbons (Fsp3) is 0.467. The van der Waals surface area contributed by atoms with Gasteiger partial charge in [-0.3, -0.25) is 0 Å². The second-order valence-corrected chi connectivity index (χ2v) is 7.09. The van der Waals surface area contributed by atoms with Crippen LogP contribution < -0.4 is 14.2 Å². The number of hydrogen-bond donors (Lipinski definition) is 1. The number of nitrogens with zero attached hydrogens (tertiary/aromatic N) is 2. The van der Waals surface area contributed by atoms with Crippen LogP contribution in [0.5, 0.6) is 11.5 Å². The van der Waals surface area contributed by atoms with Gasteiger partial charge in [-0.1, -0.05) is 13.8 Å². The number of ether oxygens (including phenoxy) is 2. The van der Waals surface area contributed by atoms with Crippen molar-refractivity contribution >= 4 is 10.0 Å². The SMILES string of the molecule is COc1ccc(S(=O)(=O)NCCc2nnc(C(C)C)o2)c(OC)c1. The Kier molecular flexibility index (Phi) is 5.79. The summed E-state index contributed by atoms with van der Waals surface area (Å²) in [6.45, 7) is 4.02. The third-order valence-corrected chi connectivity index (χ3v) is 4.77. The Balaban J connectivity index is 2.05. The molecule has 132 valence electrons. The maximum Gasteiger partial charge on any atom is 0.244 e. The molecule has 0 saturated heterocycles. The first-order valence-electron chi connectivity index (χ1n) is 7.41. The summed E-state index contributed by atoms with van der Waals surface area (Å²) in [7, 11) is -0.829. The number of benzene rings is 1. The number of sulfonamides is 1. The zero-order valence-corrected chi connectivity index (χ0v) is 14.9. The second kappa shape index (κ2) is 7.63. The Morgan fingerprint density at radius 1 is 1.21 bits per heavy atom. The minimum Gasteiger partial charge on any atom is -0.497 e. The molecular weight excluding hydrogens is 334 g/mol. The van der Waals surface area contributed by atoms with Crippen molar-refractivity contribution in [1.82, 2.24) is 14.9 Å². The fourth-order valence-corrected chi connectivity index (χ4v) is 3.15. The van der Waals surface area contributed by atoms with E-state index in [9.17, 15) is 8.42 Å². The van der Waals surface area contributed by atoms with Gasteiger partial charge in [-0.15, -0.1) is 10.2 Å². The van der Waals surface area contributed by atoms with Crippen LogP contribution >= 0.6 is 0 Å². The Morgan fingerprint density at radius 2 is 1.96 bits per heavy atom. The minimum absolute atomic E-state index is 0.0409. The molecule has 0 aliphatic rings. The normalized spacial score (nSPS) is 11.7. The first kappa shape index (κ1) is 18.2. The van der Waals surface area contributed by atoms with Crippen LogP contribution in [0.2, 0.25) is 0 Å². The molecule has 0 aliphatic carbocycles. The topological polar surface area (TPSA) is 104 Å². The van der Waals surface area contributed by atoms with Crippen molar-refractivity contribution in [3.8, 4) is 11.5 Å². The van der Waals surface area contributed by atoms with Gasteiger partial charge >= 0.3 is 0 Å². The molecule has 1 aromatic carbocycles. The van der Waals surface area contributed by atoms with E-state index in [2.05, 4.69) is 14.9 Å². The number of rotatable bonds is 8. The average Bonchev–Trinajstić information content (AvgIpc) is 3.03. The quantitative estimate of drug-likeness (QED) is 0.769. The van der Waals surface area contributed by atoms with Crippen LogP contribution in [0.25, 0.3) is 0 Å². The molecule has 8 nitrogen and oxygen atoms in total. The first-order chi connectivity index (χ1) is 11.4. The van der Waals surface area contributed by atoms with Gasteiger partial charge in [0.15, 0.2) is 0 Å². The third kappa shape index (κ3) is 4.24. The van der Waals surface area contributed by atoms with Crippen LogP contribution in [0.3, 0.4) is 0 Å². The summed E-state index contributed by atoms with van der Waals surface area (Å²) in [5, 5.41) is 7.80. The summed E-state index contributed by atoms with van der Waals surface area (Å²) in [5.41, 5.74) is 0. The van der Waals surface area contributed by atoms with Crippen molar-refractivity contribution in [3.05, 3.63) is 30.0 Å². The minimum atomic E-state index is -3.73. The largest absolute Gasteiger partial charge is 0.497 e. The molecule has 0 fully saturated rings. The molecule has 1 heterocycles. The third-order valence-electron chi connectivity index (χ3n) is 3.27. The van der Waals surface area contributed by atoms with Gasteiger partial charge < -0.3 is 13.9 Å². The average molecular weight is 355 g/mol. The molecule has 9 heteroatoms. The molecule has 0 bridgehead atoms. The molecule has 2 aromatic rings. The van der Waals surface area contributed by atoms with E-state index in [1.807, 2.05) is 13.8 Å². The monoisotopic (exact) mass is 355 g/mol. The standard InChI is InChI=1S/C15H21N3O5S/c1-10(2)15-18-17-14(23-15)7-8-16-24(19,20)13-6-5-11(21-3)9-12(13)22-4/h5-6,9-10,16H,7-8H2,1-4H3. The van der Waals surface area contributed by atoms with Crippen molar-refractivity contribution in [1.29, 1.82) is 0 Å². The van der Waals surface area contributed by atoms with E-state index in [1.165, 1.54) is 26.4 Å². The zero-order chi connectivity index (χ0) is 17.7. The summed E-state index contributed by atoms with van der Waals surface area (Å²) in [5.74, 6) is 1.78. The van der Waals surface area contributed by atoms with Crippen molar-refractivity contribution in [2.24, 2.45) is 0 Å². The van der Waals surface area contributed by atoms with E-state index >= 15 is 0 Å². The van der Waals surface area contributed by atoms with E-state index in [0.29, 0.717) is 24.0 Å². The van der Waals surface area contributed by atoms with Gasteiger partial charge in [-0.05, 0) is 12.1 Å². The van der Waals surface area contributed by atoms with E-state index in [1.54, 1.807) is 6.07 Å². The zero-order valence-electron chi connectivity index (χ0n) is 14.1. The van der Waals surface area contributed by atoms with Gasteiger partial charge in [-0.2, -0.15) is 0 Å². The lowest BCUT2D eigenvalue weighted by Crippen LogP contribution is -2.26. The summed E-state index contributed by atoms with van der Waals surface area (Å²) in [6.07, 6.45) is 0.303. The van der Waals surface area contributed by atoms with E-state index in [4.69, 9.17) is 13.9 Å². The van der Waals surface area contributed by atoms with Gasteiger partial charge in [-0.25, -0.2) is 13.1 Å². The molecule has 0 unspecified atom stereocenters. The molecule has 24 heavy (non-hydrogen) atoms. The summed E-state index contributed by atoms with van der Waals surface area (Å²) in [6, 6.07) is 4.51. The van der Waals surface area contributed by atoms with Crippen LogP contribution in [-0.2, 0) is 16.4 Å².